The molecule has 0 aliphatic carbocycles. The first-order valence-electron chi connectivity index (χ1n) is 12.1. The van der Waals surface area contributed by atoms with Gasteiger partial charge in [0.2, 0.25) is 0 Å². The molecular formula is C29H29FN2O4. The summed E-state index contributed by atoms with van der Waals surface area (Å²) in [6.07, 6.45) is 6.39. The van der Waals surface area contributed by atoms with Gasteiger partial charge in [0.05, 0.1) is 18.2 Å². The molecule has 1 aliphatic heterocycles. The highest BCUT2D eigenvalue weighted by molar-refractivity contribution is 6.46. The third-order valence-electron chi connectivity index (χ3n) is 6.27. The van der Waals surface area contributed by atoms with Crippen molar-refractivity contribution < 1.29 is 23.8 Å². The van der Waals surface area contributed by atoms with Crippen molar-refractivity contribution >= 4 is 17.4 Å². The Balaban J connectivity index is 1.74. The van der Waals surface area contributed by atoms with E-state index in [1.54, 1.807) is 49.6 Å². The molecule has 4 rings (SSSR count). The number of aryl methyl sites for hydroxylation is 1. The molecular weight excluding hydrogens is 459 g/mol. The number of pyridine rings is 1. The van der Waals surface area contributed by atoms with Crippen LogP contribution in [0.4, 0.5) is 4.39 Å². The first-order chi connectivity index (χ1) is 17.4. The van der Waals surface area contributed by atoms with Gasteiger partial charge < -0.3 is 14.7 Å². The number of aromatic nitrogens is 1. The number of unbranched alkanes of at least 4 members (excludes halogenated alkanes) is 2. The number of halogens is 1. The normalized spacial score (nSPS) is 17.0. The number of rotatable bonds is 9. The predicted molar refractivity (Wildman–Crippen MR) is 135 cm³/mol. The molecule has 2 heterocycles. The van der Waals surface area contributed by atoms with Gasteiger partial charge in [0, 0.05) is 24.5 Å². The second-order valence-corrected chi connectivity index (χ2v) is 8.88. The zero-order chi connectivity index (χ0) is 25.7. The minimum absolute atomic E-state index is 0.0799. The van der Waals surface area contributed by atoms with Crippen LogP contribution in [0.1, 0.15) is 54.5 Å². The largest absolute Gasteiger partial charge is 0.507 e. The summed E-state index contributed by atoms with van der Waals surface area (Å²) in [5.74, 6) is -1.80. The highest BCUT2D eigenvalue weighted by atomic mass is 19.1. The minimum atomic E-state index is -0.858. The summed E-state index contributed by atoms with van der Waals surface area (Å²) in [5.41, 5.74) is 1.84. The molecule has 36 heavy (non-hydrogen) atoms. The molecule has 3 aromatic rings. The fourth-order valence-electron chi connectivity index (χ4n) is 4.26. The number of nitrogens with zero attached hydrogens (tertiary/aromatic N) is 2. The summed E-state index contributed by atoms with van der Waals surface area (Å²) in [4.78, 5) is 31.8. The van der Waals surface area contributed by atoms with Crippen LogP contribution < -0.4 is 4.74 Å². The van der Waals surface area contributed by atoms with Crippen LogP contribution in [-0.2, 0) is 16.1 Å². The number of carbonyl (C=O) groups excluding carboxylic acids is 2. The van der Waals surface area contributed by atoms with E-state index in [9.17, 15) is 19.1 Å². The second kappa shape index (κ2) is 11.2. The zero-order valence-electron chi connectivity index (χ0n) is 20.4. The summed E-state index contributed by atoms with van der Waals surface area (Å²) >= 11 is 0. The van der Waals surface area contributed by atoms with Crippen molar-refractivity contribution in [3.8, 4) is 5.75 Å². The Labute approximate surface area is 210 Å². The number of Topliss-reactive ketones (excluding diaryl/α,β-unsaturated/α-hetero) is 1. The van der Waals surface area contributed by atoms with Crippen molar-refractivity contribution in [3.05, 3.63) is 101 Å². The van der Waals surface area contributed by atoms with Gasteiger partial charge in [0.25, 0.3) is 11.7 Å². The van der Waals surface area contributed by atoms with Gasteiger partial charge in [-0.15, -0.1) is 0 Å². The van der Waals surface area contributed by atoms with Gasteiger partial charge in [0.15, 0.2) is 0 Å². The van der Waals surface area contributed by atoms with Gasteiger partial charge >= 0.3 is 0 Å². The average molecular weight is 489 g/mol. The SMILES string of the molecule is CCCCCOc1ccc(C2C(=C(O)c3ccc(C)c(F)c3)C(=O)C(=O)N2Cc2cccnc2)cc1. The summed E-state index contributed by atoms with van der Waals surface area (Å²) in [6.45, 7) is 4.46. The van der Waals surface area contributed by atoms with Crippen molar-refractivity contribution in [1.29, 1.82) is 0 Å². The van der Waals surface area contributed by atoms with Crippen molar-refractivity contribution in [2.45, 2.75) is 45.7 Å². The van der Waals surface area contributed by atoms with Crippen LogP contribution in [0.5, 0.6) is 5.75 Å². The molecule has 186 valence electrons. The molecule has 1 aromatic heterocycles. The molecule has 7 heteroatoms. The number of aliphatic hydroxyl groups excluding tert-OH is 1. The Bertz CT molecular complexity index is 1270. The molecule has 1 aliphatic rings. The summed E-state index contributed by atoms with van der Waals surface area (Å²) in [6, 6.07) is 14.1. The van der Waals surface area contributed by atoms with E-state index in [1.807, 2.05) is 6.07 Å². The minimum Gasteiger partial charge on any atom is -0.507 e. The molecule has 1 fully saturated rings. The van der Waals surface area contributed by atoms with E-state index in [4.69, 9.17) is 4.74 Å². The van der Waals surface area contributed by atoms with Crippen molar-refractivity contribution in [2.75, 3.05) is 6.61 Å². The van der Waals surface area contributed by atoms with Gasteiger partial charge in [0.1, 0.15) is 17.3 Å². The molecule has 6 nitrogen and oxygen atoms in total. The van der Waals surface area contributed by atoms with Crippen molar-refractivity contribution in [2.24, 2.45) is 0 Å². The first kappa shape index (κ1) is 25.1. The maximum atomic E-state index is 14.3. The van der Waals surface area contributed by atoms with Gasteiger partial charge in [-0.2, -0.15) is 0 Å². The van der Waals surface area contributed by atoms with Crippen LogP contribution >= 0.6 is 0 Å². The number of aliphatic hydroxyl groups is 1. The number of carbonyl (C=O) groups is 2. The summed E-state index contributed by atoms with van der Waals surface area (Å²) in [7, 11) is 0. The van der Waals surface area contributed by atoms with Crippen LogP contribution in [0.2, 0.25) is 0 Å². The summed E-state index contributed by atoms with van der Waals surface area (Å²) < 4.78 is 20.1. The molecule has 1 unspecified atom stereocenters. The second-order valence-electron chi connectivity index (χ2n) is 8.88. The van der Waals surface area contributed by atoms with Crippen LogP contribution in [0, 0.1) is 12.7 Å². The van der Waals surface area contributed by atoms with Gasteiger partial charge in [-0.25, -0.2) is 4.39 Å². The molecule has 1 atom stereocenters. The first-order valence-corrected chi connectivity index (χ1v) is 12.1. The third-order valence-corrected chi connectivity index (χ3v) is 6.27. The van der Waals surface area contributed by atoms with E-state index < -0.39 is 29.3 Å². The fourth-order valence-corrected chi connectivity index (χ4v) is 4.26. The molecule has 1 amide bonds. The molecule has 1 saturated heterocycles. The Morgan fingerprint density at radius 2 is 1.89 bits per heavy atom. The van der Waals surface area contributed by atoms with Crippen molar-refractivity contribution in [1.82, 2.24) is 9.88 Å². The molecule has 0 radical (unpaired) electrons. The smallest absolute Gasteiger partial charge is 0.295 e. The van der Waals surface area contributed by atoms with Crippen LogP contribution in [0.25, 0.3) is 5.76 Å². The third kappa shape index (κ3) is 5.30. The van der Waals surface area contributed by atoms with Crippen molar-refractivity contribution in [3.63, 3.8) is 0 Å². The van der Waals surface area contributed by atoms with E-state index in [0.717, 1.165) is 24.8 Å². The Kier molecular flexibility index (Phi) is 7.78. The number of ether oxygens (including phenoxy) is 1. The predicted octanol–water partition coefficient (Wildman–Crippen LogP) is 5.72. The number of ketones is 1. The monoisotopic (exact) mass is 488 g/mol. The lowest BCUT2D eigenvalue weighted by Crippen LogP contribution is -2.29. The van der Waals surface area contributed by atoms with E-state index in [2.05, 4.69) is 11.9 Å². The van der Waals surface area contributed by atoms with Gasteiger partial charge in [-0.05, 0) is 54.3 Å². The molecule has 1 N–H and O–H groups in total. The topological polar surface area (TPSA) is 79.7 Å². The molecule has 0 saturated carbocycles. The quantitative estimate of drug-likeness (QED) is 0.180. The molecule has 0 spiro atoms. The maximum Gasteiger partial charge on any atom is 0.295 e. The van der Waals surface area contributed by atoms with E-state index in [-0.39, 0.29) is 17.7 Å². The highest BCUT2D eigenvalue weighted by Gasteiger charge is 2.46. The molecule has 0 bridgehead atoms. The lowest BCUT2D eigenvalue weighted by molar-refractivity contribution is -0.140. The highest BCUT2D eigenvalue weighted by Crippen LogP contribution is 2.40. The van der Waals surface area contributed by atoms with Gasteiger partial charge in [-0.1, -0.05) is 50.1 Å². The van der Waals surface area contributed by atoms with E-state index in [1.165, 1.54) is 23.1 Å². The van der Waals surface area contributed by atoms with Crippen LogP contribution in [0.3, 0.4) is 0 Å². The lowest BCUT2D eigenvalue weighted by Gasteiger charge is -2.25. The van der Waals surface area contributed by atoms with Crippen LogP contribution in [-0.4, -0.2) is 33.3 Å². The fraction of sp³-hybridized carbons (Fsp3) is 0.276. The van der Waals surface area contributed by atoms with E-state index >= 15 is 0 Å². The standard InChI is InChI=1S/C29H29FN2O4/c1-3-4-5-15-36-23-12-10-21(11-13-23)26-25(27(33)22-9-8-19(2)24(30)16-22)28(34)29(35)32(26)18-20-7-6-14-31-17-20/h6-14,16-17,26,33H,3-5,15,18H2,1-2H3. The van der Waals surface area contributed by atoms with Gasteiger partial charge in [-0.3, -0.25) is 14.6 Å². The lowest BCUT2D eigenvalue weighted by atomic mass is 9.94. The van der Waals surface area contributed by atoms with Crippen LogP contribution in [0.15, 0.2) is 72.6 Å². The Morgan fingerprint density at radius 3 is 2.56 bits per heavy atom. The number of hydrogen-bond donors (Lipinski definition) is 1. The molecule has 2 aromatic carbocycles. The number of benzene rings is 2. The maximum absolute atomic E-state index is 14.3. The zero-order valence-corrected chi connectivity index (χ0v) is 20.4. The van der Waals surface area contributed by atoms with E-state index in [0.29, 0.717) is 23.5 Å². The number of hydrogen-bond acceptors (Lipinski definition) is 5. The Hall–Kier alpha value is -4.00. The summed E-state index contributed by atoms with van der Waals surface area (Å²) in [5, 5.41) is 11.1. The average Bonchev–Trinajstić information content (AvgIpc) is 3.13. The number of likely N-dealkylation sites (tertiary alicyclic amines) is 1. The number of amides is 1. The Morgan fingerprint density at radius 1 is 1.11 bits per heavy atom.